The van der Waals surface area contributed by atoms with Crippen LogP contribution in [0.5, 0.6) is 11.5 Å². The molecule has 5 rings (SSSR count). The molecule has 2 aliphatic rings. The molecule has 0 saturated heterocycles. The van der Waals surface area contributed by atoms with Crippen LogP contribution in [0.2, 0.25) is 0 Å². The second-order valence-corrected chi connectivity index (χ2v) is 9.14. The summed E-state index contributed by atoms with van der Waals surface area (Å²) >= 11 is 0. The van der Waals surface area contributed by atoms with Gasteiger partial charge < -0.3 is 24.8 Å². The molecular formula is C27H28N2O5. The minimum Gasteiger partial charge on any atom is -0.508 e. The second-order valence-electron chi connectivity index (χ2n) is 9.14. The fraction of sp³-hybridized carbons (Fsp3) is 0.333. The Labute approximate surface area is 197 Å². The van der Waals surface area contributed by atoms with Crippen molar-refractivity contribution in [2.45, 2.75) is 39.0 Å². The number of nitrogens with one attached hydrogen (secondary N) is 1. The Morgan fingerprint density at radius 2 is 1.97 bits per heavy atom. The van der Waals surface area contributed by atoms with Crippen LogP contribution in [0.15, 0.2) is 24.3 Å². The average molecular weight is 461 g/mol. The summed E-state index contributed by atoms with van der Waals surface area (Å²) in [6.45, 7) is 5.92. The van der Waals surface area contributed by atoms with Crippen molar-refractivity contribution in [1.82, 2.24) is 4.98 Å². The molecule has 0 spiro atoms. The number of aryl methyl sites for hydroxylation is 2. The van der Waals surface area contributed by atoms with Crippen LogP contribution >= 0.6 is 0 Å². The minimum absolute atomic E-state index is 0.0343. The molecule has 7 nitrogen and oxygen atoms in total. The van der Waals surface area contributed by atoms with Gasteiger partial charge in [0.1, 0.15) is 23.8 Å². The maximum Gasteiger partial charge on any atom is 0.274 e. The quantitative estimate of drug-likeness (QED) is 0.526. The van der Waals surface area contributed by atoms with Gasteiger partial charge in [-0.15, -0.1) is 0 Å². The third-order valence-corrected chi connectivity index (χ3v) is 7.24. The molecule has 1 aliphatic carbocycles. The largest absolute Gasteiger partial charge is 0.508 e. The van der Waals surface area contributed by atoms with Gasteiger partial charge in [-0.05, 0) is 49.1 Å². The van der Waals surface area contributed by atoms with E-state index in [1.807, 2.05) is 32.1 Å². The highest BCUT2D eigenvalue weighted by Crippen LogP contribution is 2.50. The number of allylic oxidation sites excluding steroid dienone is 1. The van der Waals surface area contributed by atoms with E-state index < -0.39 is 12.5 Å². The summed E-state index contributed by atoms with van der Waals surface area (Å²) in [6.07, 6.45) is 4.36. The Bertz CT molecular complexity index is 1380. The number of aliphatic hydroxyl groups is 1. The average Bonchev–Trinajstić information content (AvgIpc) is 3.53. The van der Waals surface area contributed by atoms with Gasteiger partial charge in [-0.1, -0.05) is 19.1 Å². The number of ketones is 1. The van der Waals surface area contributed by atoms with E-state index >= 15 is 0 Å². The maximum absolute atomic E-state index is 13.7. The van der Waals surface area contributed by atoms with Crippen LogP contribution in [0.4, 0.5) is 5.69 Å². The number of phenols is 1. The van der Waals surface area contributed by atoms with Gasteiger partial charge in [-0.3, -0.25) is 9.59 Å². The number of hydrogen-bond acceptors (Lipinski definition) is 5. The molecule has 1 unspecified atom stereocenters. The van der Waals surface area contributed by atoms with E-state index in [0.29, 0.717) is 23.5 Å². The third-order valence-electron chi connectivity index (χ3n) is 7.24. The van der Waals surface area contributed by atoms with E-state index in [-0.39, 0.29) is 23.4 Å². The third kappa shape index (κ3) is 3.07. The van der Waals surface area contributed by atoms with Crippen LogP contribution in [-0.4, -0.2) is 47.1 Å². The predicted octanol–water partition coefficient (Wildman–Crippen LogP) is 4.32. The van der Waals surface area contributed by atoms with Crippen molar-refractivity contribution in [2.24, 2.45) is 0 Å². The summed E-state index contributed by atoms with van der Waals surface area (Å²) in [6, 6.07) is 5.45. The molecule has 3 N–H and O–H groups in total. The van der Waals surface area contributed by atoms with Gasteiger partial charge in [0, 0.05) is 35.0 Å². The first-order valence-electron chi connectivity index (χ1n) is 11.5. The van der Waals surface area contributed by atoms with Crippen molar-refractivity contribution in [3.63, 3.8) is 0 Å². The number of aromatic amines is 1. The first-order chi connectivity index (χ1) is 16.3. The molecule has 1 amide bonds. The standard InChI is InChI=1S/C27H28N2O5/c1-5-15-11-29(20-10-21(31)24-17(22(32)12-30)6-7-18(24)23(15)20)27(33)19-9-16-8-13(2)26(34-4)14(3)25(16)28-19/h6-10,15,17,28,30-31H,5,11-12H2,1-4H3/t15-,17?/m1/s1. The van der Waals surface area contributed by atoms with Gasteiger partial charge in [0.25, 0.3) is 5.91 Å². The molecule has 0 bridgehead atoms. The number of carbonyl (C=O) groups excluding carboxylic acids is 2. The SMILES string of the molecule is CC[C@@H]1CN(C(=O)c2cc3cc(C)c(OC)c(C)c3[nH]2)c2cc(O)c3c(c21)C=CC3C(=O)CO. The number of carbonyl (C=O) groups is 2. The highest BCUT2D eigenvalue weighted by molar-refractivity contribution is 6.10. The maximum atomic E-state index is 13.7. The predicted molar refractivity (Wildman–Crippen MR) is 131 cm³/mol. The lowest BCUT2D eigenvalue weighted by Crippen LogP contribution is -2.30. The van der Waals surface area contributed by atoms with Gasteiger partial charge in [0.2, 0.25) is 0 Å². The van der Waals surface area contributed by atoms with E-state index in [9.17, 15) is 19.8 Å². The molecule has 3 aromatic rings. The summed E-state index contributed by atoms with van der Waals surface area (Å²) in [5.41, 5.74) is 6.23. The lowest BCUT2D eigenvalue weighted by atomic mass is 9.88. The van der Waals surface area contributed by atoms with E-state index in [1.54, 1.807) is 24.2 Å². The molecule has 1 aromatic heterocycles. The number of rotatable bonds is 5. The number of aromatic hydroxyl groups is 1. The second kappa shape index (κ2) is 8.02. The number of nitrogens with zero attached hydrogens (tertiary/aromatic N) is 1. The highest BCUT2D eigenvalue weighted by Gasteiger charge is 2.39. The monoisotopic (exact) mass is 460 g/mol. The number of methoxy groups -OCH3 is 1. The van der Waals surface area contributed by atoms with Gasteiger partial charge in [0.15, 0.2) is 5.78 Å². The van der Waals surface area contributed by atoms with Gasteiger partial charge in [0.05, 0.1) is 24.2 Å². The van der Waals surface area contributed by atoms with Crippen molar-refractivity contribution in [1.29, 1.82) is 0 Å². The molecule has 2 heterocycles. The van der Waals surface area contributed by atoms with Crippen LogP contribution in [-0.2, 0) is 4.79 Å². The highest BCUT2D eigenvalue weighted by atomic mass is 16.5. The van der Waals surface area contributed by atoms with Crippen LogP contribution in [0.1, 0.15) is 63.5 Å². The molecule has 176 valence electrons. The zero-order valence-electron chi connectivity index (χ0n) is 19.7. The fourth-order valence-corrected chi connectivity index (χ4v) is 5.63. The van der Waals surface area contributed by atoms with Crippen molar-refractivity contribution in [3.05, 3.63) is 57.8 Å². The number of aromatic nitrogens is 1. The molecule has 2 aromatic carbocycles. The minimum atomic E-state index is -0.664. The molecule has 7 heteroatoms. The van der Waals surface area contributed by atoms with E-state index in [4.69, 9.17) is 4.74 Å². The van der Waals surface area contributed by atoms with E-state index in [2.05, 4.69) is 11.9 Å². The summed E-state index contributed by atoms with van der Waals surface area (Å²) in [7, 11) is 1.64. The van der Waals surface area contributed by atoms with Crippen molar-refractivity contribution >= 4 is 34.4 Å². The fourth-order valence-electron chi connectivity index (χ4n) is 5.63. The first kappa shape index (κ1) is 22.2. The summed E-state index contributed by atoms with van der Waals surface area (Å²) in [5.74, 6) is -0.355. The zero-order chi connectivity index (χ0) is 24.3. The zero-order valence-corrected chi connectivity index (χ0v) is 19.7. The lowest BCUT2D eigenvalue weighted by Gasteiger charge is -2.19. The summed E-state index contributed by atoms with van der Waals surface area (Å²) in [5, 5.41) is 21.1. The molecule has 1 aliphatic heterocycles. The first-order valence-corrected chi connectivity index (χ1v) is 11.5. The number of amides is 1. The smallest absolute Gasteiger partial charge is 0.274 e. The number of ether oxygens (including phenoxy) is 1. The number of benzene rings is 2. The molecule has 0 saturated carbocycles. The van der Waals surface area contributed by atoms with Crippen molar-refractivity contribution in [2.75, 3.05) is 25.2 Å². The van der Waals surface area contributed by atoms with E-state index in [0.717, 1.165) is 45.3 Å². The Morgan fingerprint density at radius 3 is 2.65 bits per heavy atom. The van der Waals surface area contributed by atoms with Gasteiger partial charge in [-0.25, -0.2) is 0 Å². The number of aliphatic hydroxyl groups excluding tert-OH is 1. The molecule has 0 radical (unpaired) electrons. The molecule has 2 atom stereocenters. The number of anilines is 1. The summed E-state index contributed by atoms with van der Waals surface area (Å²) < 4.78 is 5.53. The van der Waals surface area contributed by atoms with E-state index in [1.165, 1.54) is 0 Å². The van der Waals surface area contributed by atoms with Gasteiger partial charge >= 0.3 is 0 Å². The van der Waals surface area contributed by atoms with Crippen molar-refractivity contribution in [3.8, 4) is 11.5 Å². The molecular weight excluding hydrogens is 432 g/mol. The Hall–Kier alpha value is -3.58. The van der Waals surface area contributed by atoms with Crippen LogP contribution in [0.3, 0.4) is 0 Å². The molecule has 34 heavy (non-hydrogen) atoms. The van der Waals surface area contributed by atoms with Crippen LogP contribution < -0.4 is 9.64 Å². The molecule has 0 fully saturated rings. The number of phenolic OH excluding ortho intramolecular Hbond substituents is 1. The number of H-pyrrole nitrogens is 1. The number of fused-ring (bicyclic) bond motifs is 4. The Balaban J connectivity index is 1.60. The van der Waals surface area contributed by atoms with Crippen LogP contribution in [0, 0.1) is 13.8 Å². The topological polar surface area (TPSA) is 103 Å². The van der Waals surface area contributed by atoms with Gasteiger partial charge in [-0.2, -0.15) is 0 Å². The normalized spacial score (nSPS) is 18.4. The summed E-state index contributed by atoms with van der Waals surface area (Å²) in [4.78, 5) is 30.9. The van der Waals surface area contributed by atoms with Crippen molar-refractivity contribution < 1.29 is 24.5 Å². The number of Topliss-reactive ketones (excluding diaryl/α,β-unsaturated/α-hetero) is 1. The Morgan fingerprint density at radius 1 is 1.21 bits per heavy atom. The lowest BCUT2D eigenvalue weighted by molar-refractivity contribution is -0.122. The Kier molecular flexibility index (Phi) is 5.24. The van der Waals surface area contributed by atoms with Crippen LogP contribution in [0.25, 0.3) is 17.0 Å². The number of hydrogen-bond donors (Lipinski definition) is 3.